The lowest BCUT2D eigenvalue weighted by molar-refractivity contribution is -0.138. The predicted octanol–water partition coefficient (Wildman–Crippen LogP) is 2.69. The molecule has 2 aromatic rings. The largest absolute Gasteiger partial charge is 0.419 e. The summed E-state index contributed by atoms with van der Waals surface area (Å²) in [6.45, 7) is 0. The minimum atomic E-state index is -4.79. The molecule has 0 aliphatic rings. The van der Waals surface area contributed by atoms with Gasteiger partial charge in [0.25, 0.3) is 0 Å². The Hall–Kier alpha value is -1.85. The molecule has 1 N–H and O–H groups in total. The van der Waals surface area contributed by atoms with Gasteiger partial charge in [-0.05, 0) is 18.2 Å². The molecule has 0 bridgehead atoms. The van der Waals surface area contributed by atoms with E-state index in [1.165, 1.54) is 0 Å². The molecule has 0 radical (unpaired) electrons. The molecule has 0 aliphatic carbocycles. The van der Waals surface area contributed by atoms with Gasteiger partial charge in [-0.25, -0.2) is 4.39 Å². The predicted molar refractivity (Wildman–Crippen MR) is 49.5 cm³/mol. The van der Waals surface area contributed by atoms with Crippen LogP contribution in [-0.2, 0) is 6.18 Å². The average molecular weight is 231 g/mol. The number of fused-ring (bicyclic) bond motifs is 1. The molecule has 0 aliphatic heterocycles. The van der Waals surface area contributed by atoms with Crippen LogP contribution in [0.1, 0.15) is 5.56 Å². The Morgan fingerprint density at radius 1 is 1.06 bits per heavy atom. The molecule has 16 heavy (non-hydrogen) atoms. The van der Waals surface area contributed by atoms with Gasteiger partial charge in [0.15, 0.2) is 0 Å². The topological polar surface area (TPSA) is 32.9 Å². The zero-order chi connectivity index (χ0) is 11.9. The van der Waals surface area contributed by atoms with Crippen LogP contribution >= 0.6 is 0 Å². The van der Waals surface area contributed by atoms with Crippen molar-refractivity contribution in [3.63, 3.8) is 0 Å². The number of alkyl halides is 3. The quantitative estimate of drug-likeness (QED) is 0.694. The van der Waals surface area contributed by atoms with Crippen molar-refractivity contribution in [3.8, 4) is 0 Å². The van der Waals surface area contributed by atoms with Gasteiger partial charge >= 0.3 is 6.18 Å². The van der Waals surface area contributed by atoms with Gasteiger partial charge in [-0.15, -0.1) is 0 Å². The van der Waals surface area contributed by atoms with Crippen molar-refractivity contribution in [1.29, 1.82) is 0 Å². The first-order valence-corrected chi connectivity index (χ1v) is 4.28. The Morgan fingerprint density at radius 2 is 1.75 bits per heavy atom. The van der Waals surface area contributed by atoms with E-state index in [0.29, 0.717) is 6.07 Å². The van der Waals surface area contributed by atoms with Crippen molar-refractivity contribution in [2.24, 2.45) is 0 Å². The molecule has 0 amide bonds. The second kappa shape index (κ2) is 3.33. The van der Waals surface area contributed by atoms with Crippen LogP contribution in [-0.4, -0.2) is 4.98 Å². The molecule has 0 fully saturated rings. The molecule has 2 rings (SSSR count). The van der Waals surface area contributed by atoms with Gasteiger partial charge in [-0.1, -0.05) is 0 Å². The normalized spacial score (nSPS) is 12.0. The molecule has 1 heterocycles. The molecule has 0 saturated carbocycles. The van der Waals surface area contributed by atoms with Crippen molar-refractivity contribution in [2.75, 3.05) is 0 Å². The van der Waals surface area contributed by atoms with E-state index < -0.39 is 23.1 Å². The molecule has 0 spiro atoms. The third kappa shape index (κ3) is 1.66. The van der Waals surface area contributed by atoms with Crippen LogP contribution in [0, 0.1) is 5.82 Å². The third-order valence-electron chi connectivity index (χ3n) is 2.14. The molecule has 6 heteroatoms. The van der Waals surface area contributed by atoms with Crippen LogP contribution in [0.5, 0.6) is 0 Å². The van der Waals surface area contributed by atoms with Gasteiger partial charge in [0, 0.05) is 17.0 Å². The molecule has 1 aromatic heterocycles. The van der Waals surface area contributed by atoms with Crippen LogP contribution in [0.15, 0.2) is 29.1 Å². The summed E-state index contributed by atoms with van der Waals surface area (Å²) in [4.78, 5) is 13.1. The van der Waals surface area contributed by atoms with Crippen LogP contribution in [0.25, 0.3) is 10.9 Å². The van der Waals surface area contributed by atoms with E-state index in [0.717, 1.165) is 18.2 Å². The summed E-state index contributed by atoms with van der Waals surface area (Å²) in [5, 5.41) is -0.355. The van der Waals surface area contributed by atoms with Gasteiger partial charge < -0.3 is 4.98 Å². The molecule has 2 nitrogen and oxygen atoms in total. The molecule has 0 saturated heterocycles. The number of H-pyrrole nitrogens is 1. The van der Waals surface area contributed by atoms with E-state index in [1.807, 2.05) is 0 Å². The van der Waals surface area contributed by atoms with E-state index in [1.54, 1.807) is 0 Å². The summed E-state index contributed by atoms with van der Waals surface area (Å²) in [7, 11) is 0. The first-order valence-electron chi connectivity index (χ1n) is 4.28. The van der Waals surface area contributed by atoms with Gasteiger partial charge in [0.1, 0.15) is 11.4 Å². The monoisotopic (exact) mass is 231 g/mol. The van der Waals surface area contributed by atoms with Crippen LogP contribution < -0.4 is 5.56 Å². The summed E-state index contributed by atoms with van der Waals surface area (Å²) in [6, 6.07) is 3.67. The lowest BCUT2D eigenvalue weighted by atomic mass is 10.1. The SMILES string of the molecule is O=c1ccc2c(C(F)(F)F)c(F)ccc2[nH]1. The maximum Gasteiger partial charge on any atom is 0.419 e. The Bertz CT molecular complexity index is 600. The van der Waals surface area contributed by atoms with Crippen molar-refractivity contribution < 1.29 is 17.6 Å². The van der Waals surface area contributed by atoms with E-state index in [4.69, 9.17) is 0 Å². The molecule has 84 valence electrons. The Labute approximate surface area is 86.5 Å². The number of hydrogen-bond acceptors (Lipinski definition) is 1. The first kappa shape index (κ1) is 10.7. The van der Waals surface area contributed by atoms with Crippen LogP contribution in [0.3, 0.4) is 0 Å². The maximum absolute atomic E-state index is 13.1. The lowest BCUT2D eigenvalue weighted by Crippen LogP contribution is -2.11. The van der Waals surface area contributed by atoms with Gasteiger partial charge in [0.05, 0.1) is 0 Å². The van der Waals surface area contributed by atoms with Gasteiger partial charge in [-0.2, -0.15) is 13.2 Å². The Balaban J connectivity index is 2.91. The number of hydrogen-bond donors (Lipinski definition) is 1. The second-order valence-electron chi connectivity index (χ2n) is 3.20. The highest BCUT2D eigenvalue weighted by Gasteiger charge is 2.36. The van der Waals surface area contributed by atoms with Crippen molar-refractivity contribution in [2.45, 2.75) is 6.18 Å². The second-order valence-corrected chi connectivity index (χ2v) is 3.20. The van der Waals surface area contributed by atoms with Crippen molar-refractivity contribution in [1.82, 2.24) is 4.98 Å². The summed E-state index contributed by atoms with van der Waals surface area (Å²) < 4.78 is 50.7. The third-order valence-corrected chi connectivity index (χ3v) is 2.14. The first-order chi connectivity index (χ1) is 7.39. The summed E-state index contributed by atoms with van der Waals surface area (Å²) >= 11 is 0. The van der Waals surface area contributed by atoms with E-state index >= 15 is 0 Å². The van der Waals surface area contributed by atoms with Crippen molar-refractivity contribution >= 4 is 10.9 Å². The van der Waals surface area contributed by atoms with E-state index in [-0.39, 0.29) is 10.9 Å². The Kier molecular flexibility index (Phi) is 2.22. The number of aromatic nitrogens is 1. The zero-order valence-corrected chi connectivity index (χ0v) is 7.73. The highest BCUT2D eigenvalue weighted by atomic mass is 19.4. The minimum absolute atomic E-state index is 0.0405. The number of aromatic amines is 1. The minimum Gasteiger partial charge on any atom is -0.322 e. The number of halogens is 4. The Morgan fingerprint density at radius 3 is 2.38 bits per heavy atom. The molecule has 0 atom stereocenters. The fraction of sp³-hybridized carbons (Fsp3) is 0.100. The van der Waals surface area contributed by atoms with Crippen LogP contribution in [0.2, 0.25) is 0 Å². The van der Waals surface area contributed by atoms with Gasteiger partial charge in [-0.3, -0.25) is 4.79 Å². The summed E-state index contributed by atoms with van der Waals surface area (Å²) in [5.41, 5.74) is -1.94. The fourth-order valence-electron chi connectivity index (χ4n) is 1.50. The number of nitrogens with one attached hydrogen (secondary N) is 1. The lowest BCUT2D eigenvalue weighted by Gasteiger charge is -2.10. The van der Waals surface area contributed by atoms with Crippen molar-refractivity contribution in [3.05, 3.63) is 46.0 Å². The van der Waals surface area contributed by atoms with E-state index in [9.17, 15) is 22.4 Å². The van der Waals surface area contributed by atoms with E-state index in [2.05, 4.69) is 4.98 Å². The number of rotatable bonds is 0. The molecule has 0 unspecified atom stereocenters. The van der Waals surface area contributed by atoms with Gasteiger partial charge in [0.2, 0.25) is 5.56 Å². The fourth-order valence-corrected chi connectivity index (χ4v) is 1.50. The zero-order valence-electron chi connectivity index (χ0n) is 7.73. The number of pyridine rings is 1. The standard InChI is InChI=1S/C10H5F4NO/c11-6-2-3-7-5(1-4-8(16)15-7)9(6)10(12,13)14/h1-4H,(H,15,16). The number of benzene rings is 1. The highest BCUT2D eigenvalue weighted by molar-refractivity contribution is 5.82. The molecular formula is C10H5F4NO. The maximum atomic E-state index is 13.1. The molecular weight excluding hydrogens is 226 g/mol. The highest BCUT2D eigenvalue weighted by Crippen LogP contribution is 2.35. The summed E-state index contributed by atoms with van der Waals surface area (Å²) in [6.07, 6.45) is -4.79. The average Bonchev–Trinajstić information content (AvgIpc) is 2.16. The molecule has 1 aromatic carbocycles. The van der Waals surface area contributed by atoms with Crippen LogP contribution in [0.4, 0.5) is 17.6 Å². The summed E-state index contributed by atoms with van der Waals surface area (Å²) in [5.74, 6) is -1.35. The smallest absolute Gasteiger partial charge is 0.322 e.